The van der Waals surface area contributed by atoms with Gasteiger partial charge >= 0.3 is 0 Å². The molecule has 1 fully saturated rings. The number of morpholine rings is 1. The van der Waals surface area contributed by atoms with Crippen LogP contribution < -0.4 is 0 Å². The molecular formula is C22H33N5O2S. The second-order valence-electron chi connectivity index (χ2n) is 8.92. The van der Waals surface area contributed by atoms with Gasteiger partial charge in [-0.25, -0.2) is 4.98 Å². The molecule has 1 amide bonds. The van der Waals surface area contributed by atoms with E-state index >= 15 is 0 Å². The summed E-state index contributed by atoms with van der Waals surface area (Å²) >= 11 is 1.70. The van der Waals surface area contributed by atoms with Crippen LogP contribution in [-0.2, 0) is 30.7 Å². The molecule has 1 aliphatic heterocycles. The Morgan fingerprint density at radius 1 is 1.37 bits per heavy atom. The highest BCUT2D eigenvalue weighted by atomic mass is 32.1. The molecule has 1 saturated heterocycles. The summed E-state index contributed by atoms with van der Waals surface area (Å²) in [6.07, 6.45) is 2.93. The molecule has 8 heteroatoms. The highest BCUT2D eigenvalue weighted by molar-refractivity contribution is 7.09. The Morgan fingerprint density at radius 3 is 2.80 bits per heavy atom. The Hall–Kier alpha value is -1.77. The number of carbonyl (C=O) groups excluding carboxylic acids is 1. The highest BCUT2D eigenvalue weighted by Crippen LogP contribution is 2.29. The summed E-state index contributed by atoms with van der Waals surface area (Å²) in [6.45, 7) is 10.7. The minimum Gasteiger partial charge on any atom is -0.378 e. The number of aryl methyl sites for hydroxylation is 1. The standard InChI is InChI=1S/C22H33N5O2S/c1-15(2)12-27-20-6-5-18(25(4)13-17-14-30-16(3)23-17)11-19(20)21(24-27)22(28)26-7-9-29-10-8-26/h14-15,18H,5-13H2,1-4H3/t18-/m0/s1. The fourth-order valence-electron chi connectivity index (χ4n) is 4.50. The Morgan fingerprint density at radius 2 is 2.13 bits per heavy atom. The molecule has 3 heterocycles. The van der Waals surface area contributed by atoms with Crippen LogP contribution in [0.25, 0.3) is 0 Å². The van der Waals surface area contributed by atoms with E-state index in [9.17, 15) is 4.79 Å². The number of likely N-dealkylation sites (N-methyl/N-ethyl adjacent to an activating group) is 1. The molecule has 0 saturated carbocycles. The number of hydrogen-bond donors (Lipinski definition) is 0. The number of ether oxygens (including phenoxy) is 1. The molecule has 30 heavy (non-hydrogen) atoms. The van der Waals surface area contributed by atoms with Crippen molar-refractivity contribution in [3.63, 3.8) is 0 Å². The first kappa shape index (κ1) is 21.5. The SMILES string of the molecule is Cc1nc(CN(C)[C@H]2CCc3c(c(C(=O)N4CCOCC4)nn3CC(C)C)C2)cs1. The Balaban J connectivity index is 1.57. The molecule has 2 aromatic rings. The van der Waals surface area contributed by atoms with Crippen LogP contribution in [0, 0.1) is 12.8 Å². The lowest BCUT2D eigenvalue weighted by molar-refractivity contribution is 0.0297. The molecule has 7 nitrogen and oxygen atoms in total. The molecule has 0 spiro atoms. The van der Waals surface area contributed by atoms with E-state index in [-0.39, 0.29) is 5.91 Å². The number of amides is 1. The molecule has 0 aromatic carbocycles. The number of hydrogen-bond acceptors (Lipinski definition) is 6. The van der Waals surface area contributed by atoms with Gasteiger partial charge in [-0.05, 0) is 39.2 Å². The van der Waals surface area contributed by atoms with Gasteiger partial charge in [0.15, 0.2) is 5.69 Å². The zero-order valence-electron chi connectivity index (χ0n) is 18.6. The zero-order chi connectivity index (χ0) is 21.3. The topological polar surface area (TPSA) is 63.5 Å². The largest absolute Gasteiger partial charge is 0.378 e. The van der Waals surface area contributed by atoms with Crippen molar-refractivity contribution in [2.75, 3.05) is 33.4 Å². The van der Waals surface area contributed by atoms with Crippen LogP contribution in [0.4, 0.5) is 0 Å². The predicted molar refractivity (Wildman–Crippen MR) is 118 cm³/mol. The minimum absolute atomic E-state index is 0.0653. The summed E-state index contributed by atoms with van der Waals surface area (Å²) < 4.78 is 7.54. The molecule has 2 aromatic heterocycles. The molecule has 0 N–H and O–H groups in total. The molecule has 164 valence electrons. The quantitative estimate of drug-likeness (QED) is 0.704. The molecule has 1 atom stereocenters. The molecular weight excluding hydrogens is 398 g/mol. The number of thiazole rings is 1. The highest BCUT2D eigenvalue weighted by Gasteiger charge is 2.33. The number of rotatable bonds is 6. The van der Waals surface area contributed by atoms with Gasteiger partial charge in [0.2, 0.25) is 0 Å². The van der Waals surface area contributed by atoms with Crippen LogP contribution in [0.3, 0.4) is 0 Å². The molecule has 1 aliphatic carbocycles. The molecule has 2 aliphatic rings. The van der Waals surface area contributed by atoms with Crippen LogP contribution >= 0.6 is 11.3 Å². The summed E-state index contributed by atoms with van der Waals surface area (Å²) in [4.78, 5) is 22.2. The smallest absolute Gasteiger partial charge is 0.274 e. The van der Waals surface area contributed by atoms with Crippen LogP contribution in [0.15, 0.2) is 5.38 Å². The van der Waals surface area contributed by atoms with Gasteiger partial charge in [0, 0.05) is 48.9 Å². The second kappa shape index (κ2) is 9.16. The molecule has 0 bridgehead atoms. The number of nitrogens with zero attached hydrogens (tertiary/aromatic N) is 5. The number of fused-ring (bicyclic) bond motifs is 1. The second-order valence-corrected chi connectivity index (χ2v) is 9.99. The average molecular weight is 432 g/mol. The third kappa shape index (κ3) is 4.60. The first-order valence-electron chi connectivity index (χ1n) is 11.0. The van der Waals surface area contributed by atoms with Crippen LogP contribution in [0.1, 0.15) is 52.7 Å². The summed E-state index contributed by atoms with van der Waals surface area (Å²) in [5.41, 5.74) is 4.21. The van der Waals surface area contributed by atoms with E-state index in [1.807, 2.05) is 11.8 Å². The van der Waals surface area contributed by atoms with E-state index in [0.717, 1.165) is 48.6 Å². The van der Waals surface area contributed by atoms with Gasteiger partial charge < -0.3 is 9.64 Å². The Labute approximate surface area is 183 Å². The van der Waals surface area contributed by atoms with Crippen LogP contribution in [0.5, 0.6) is 0 Å². The maximum atomic E-state index is 13.3. The van der Waals surface area contributed by atoms with Crippen LogP contribution in [0.2, 0.25) is 0 Å². The lowest BCUT2D eigenvalue weighted by Crippen LogP contribution is -2.42. The maximum absolute atomic E-state index is 13.3. The van der Waals surface area contributed by atoms with Crippen molar-refractivity contribution >= 4 is 17.2 Å². The van der Waals surface area contributed by atoms with Crippen molar-refractivity contribution in [1.29, 1.82) is 0 Å². The van der Waals surface area contributed by atoms with Gasteiger partial charge in [-0.2, -0.15) is 5.10 Å². The fourth-order valence-corrected chi connectivity index (χ4v) is 5.10. The zero-order valence-corrected chi connectivity index (χ0v) is 19.4. The fraction of sp³-hybridized carbons (Fsp3) is 0.682. The first-order valence-corrected chi connectivity index (χ1v) is 11.9. The third-order valence-electron chi connectivity index (χ3n) is 6.06. The molecule has 0 radical (unpaired) electrons. The summed E-state index contributed by atoms with van der Waals surface area (Å²) in [5, 5.41) is 8.10. The predicted octanol–water partition coefficient (Wildman–Crippen LogP) is 2.77. The van der Waals surface area contributed by atoms with Gasteiger partial charge in [0.1, 0.15) is 0 Å². The van der Waals surface area contributed by atoms with E-state index in [1.54, 1.807) is 11.3 Å². The van der Waals surface area contributed by atoms with Crippen molar-refractivity contribution in [1.82, 2.24) is 24.6 Å². The van der Waals surface area contributed by atoms with E-state index in [2.05, 4.69) is 40.8 Å². The average Bonchev–Trinajstić information content (AvgIpc) is 3.30. The van der Waals surface area contributed by atoms with Crippen molar-refractivity contribution in [2.24, 2.45) is 5.92 Å². The third-order valence-corrected chi connectivity index (χ3v) is 6.88. The van der Waals surface area contributed by atoms with Crippen LogP contribution in [-0.4, -0.2) is 69.9 Å². The van der Waals surface area contributed by atoms with Gasteiger partial charge in [-0.1, -0.05) is 13.8 Å². The summed E-state index contributed by atoms with van der Waals surface area (Å²) in [7, 11) is 2.17. The normalized spacial score (nSPS) is 19.5. The lowest BCUT2D eigenvalue weighted by atomic mass is 9.90. The lowest BCUT2D eigenvalue weighted by Gasteiger charge is -2.32. The minimum atomic E-state index is 0.0653. The van der Waals surface area contributed by atoms with E-state index in [0.29, 0.717) is 44.0 Å². The number of aromatic nitrogens is 3. The van der Waals surface area contributed by atoms with Gasteiger partial charge in [-0.3, -0.25) is 14.4 Å². The van der Waals surface area contributed by atoms with Crippen molar-refractivity contribution in [3.8, 4) is 0 Å². The van der Waals surface area contributed by atoms with Crippen molar-refractivity contribution < 1.29 is 9.53 Å². The monoisotopic (exact) mass is 431 g/mol. The summed E-state index contributed by atoms with van der Waals surface area (Å²) in [5.74, 6) is 0.559. The Bertz CT molecular complexity index is 884. The van der Waals surface area contributed by atoms with Crippen molar-refractivity contribution in [2.45, 2.75) is 59.2 Å². The maximum Gasteiger partial charge on any atom is 0.274 e. The molecule has 0 unspecified atom stereocenters. The number of carbonyl (C=O) groups is 1. The first-order chi connectivity index (χ1) is 14.4. The van der Waals surface area contributed by atoms with Crippen molar-refractivity contribution in [3.05, 3.63) is 33.0 Å². The van der Waals surface area contributed by atoms with Gasteiger partial charge in [-0.15, -0.1) is 11.3 Å². The van der Waals surface area contributed by atoms with E-state index in [1.165, 1.54) is 5.69 Å². The van der Waals surface area contributed by atoms with Gasteiger partial charge in [0.25, 0.3) is 5.91 Å². The van der Waals surface area contributed by atoms with Gasteiger partial charge in [0.05, 0.1) is 23.9 Å². The molecule has 4 rings (SSSR count). The summed E-state index contributed by atoms with van der Waals surface area (Å²) in [6, 6.07) is 0.396. The van der Waals surface area contributed by atoms with E-state index in [4.69, 9.17) is 9.84 Å². The van der Waals surface area contributed by atoms with E-state index < -0.39 is 0 Å². The Kier molecular flexibility index (Phi) is 6.55.